The van der Waals surface area contributed by atoms with Crippen molar-refractivity contribution in [2.45, 2.75) is 12.5 Å². The molecule has 0 fully saturated rings. The van der Waals surface area contributed by atoms with Gasteiger partial charge in [-0.25, -0.2) is 4.39 Å². The van der Waals surface area contributed by atoms with Gasteiger partial charge in [0.05, 0.1) is 20.3 Å². The summed E-state index contributed by atoms with van der Waals surface area (Å²) in [4.78, 5) is 2.09. The average Bonchev–Trinajstić information content (AvgIpc) is 2.82. The fourth-order valence-corrected chi connectivity index (χ4v) is 4.45. The van der Waals surface area contributed by atoms with Crippen LogP contribution in [0.2, 0.25) is 5.02 Å². The summed E-state index contributed by atoms with van der Waals surface area (Å²) >= 11 is 11.9. The van der Waals surface area contributed by atoms with Crippen LogP contribution >= 0.6 is 23.8 Å². The van der Waals surface area contributed by atoms with Crippen LogP contribution in [0.4, 0.5) is 10.1 Å². The summed E-state index contributed by atoms with van der Waals surface area (Å²) in [5.41, 5.74) is 2.99. The van der Waals surface area contributed by atoms with E-state index in [2.05, 4.69) is 10.2 Å². The minimum atomic E-state index is -0.310. The number of rotatable bonds is 6. The largest absolute Gasteiger partial charge is 0.493 e. The Morgan fingerprint density at radius 2 is 1.82 bits per heavy atom. The van der Waals surface area contributed by atoms with Gasteiger partial charge in [0, 0.05) is 17.3 Å². The second kappa shape index (κ2) is 10.3. The van der Waals surface area contributed by atoms with Crippen molar-refractivity contribution < 1.29 is 18.6 Å². The quantitative estimate of drug-likeness (QED) is 0.439. The van der Waals surface area contributed by atoms with Crippen molar-refractivity contribution in [3.8, 4) is 17.2 Å². The lowest BCUT2D eigenvalue weighted by Crippen LogP contribution is -2.44. The molecule has 1 heterocycles. The molecular formula is C25H24ClFN2O3S. The molecule has 1 aliphatic rings. The molecule has 1 atom stereocenters. The van der Waals surface area contributed by atoms with E-state index in [-0.39, 0.29) is 11.9 Å². The third-order valence-electron chi connectivity index (χ3n) is 5.56. The third kappa shape index (κ3) is 5.31. The molecule has 0 spiro atoms. The number of anilines is 1. The number of ether oxygens (including phenoxy) is 3. The number of nitrogens with one attached hydrogen (secondary N) is 1. The fourth-order valence-electron chi connectivity index (χ4n) is 3.92. The molecular weight excluding hydrogens is 463 g/mol. The third-order valence-corrected chi connectivity index (χ3v) is 6.13. The SMILES string of the molecule is COc1cc2c(cc1OC)C(COc1ccc(F)cc1)N(C(=S)Nc1cccc(Cl)c1)CC2. The molecule has 0 radical (unpaired) electrons. The van der Waals surface area contributed by atoms with E-state index in [1.54, 1.807) is 26.4 Å². The molecule has 1 aliphatic heterocycles. The highest BCUT2D eigenvalue weighted by molar-refractivity contribution is 7.80. The lowest BCUT2D eigenvalue weighted by molar-refractivity contribution is 0.190. The highest BCUT2D eigenvalue weighted by atomic mass is 35.5. The molecule has 1 unspecified atom stereocenters. The lowest BCUT2D eigenvalue weighted by atomic mass is 9.92. The highest BCUT2D eigenvalue weighted by Gasteiger charge is 2.31. The van der Waals surface area contributed by atoms with Gasteiger partial charge in [-0.05, 0) is 84.4 Å². The molecule has 0 amide bonds. The van der Waals surface area contributed by atoms with Crippen molar-refractivity contribution in [3.05, 3.63) is 82.6 Å². The van der Waals surface area contributed by atoms with E-state index in [1.165, 1.54) is 12.1 Å². The Morgan fingerprint density at radius 3 is 2.52 bits per heavy atom. The first-order valence-electron chi connectivity index (χ1n) is 10.4. The maximum atomic E-state index is 13.3. The predicted octanol–water partition coefficient (Wildman–Crippen LogP) is 5.87. The summed E-state index contributed by atoms with van der Waals surface area (Å²) in [6.07, 6.45) is 0.778. The van der Waals surface area contributed by atoms with E-state index in [4.69, 9.17) is 38.0 Å². The first-order chi connectivity index (χ1) is 16.0. The summed E-state index contributed by atoms with van der Waals surface area (Å²) in [5.74, 6) is 1.59. The van der Waals surface area contributed by atoms with Crippen LogP contribution in [0.15, 0.2) is 60.7 Å². The van der Waals surface area contributed by atoms with Gasteiger partial charge in [-0.1, -0.05) is 17.7 Å². The highest BCUT2D eigenvalue weighted by Crippen LogP contribution is 2.38. The van der Waals surface area contributed by atoms with Crippen molar-refractivity contribution in [2.75, 3.05) is 32.7 Å². The molecule has 1 N–H and O–H groups in total. The van der Waals surface area contributed by atoms with Gasteiger partial charge in [0.15, 0.2) is 16.6 Å². The Hall–Kier alpha value is -3.03. The van der Waals surface area contributed by atoms with E-state index in [9.17, 15) is 4.39 Å². The Balaban J connectivity index is 1.64. The normalized spacial score (nSPS) is 14.9. The first-order valence-corrected chi connectivity index (χ1v) is 11.2. The number of methoxy groups -OCH3 is 2. The topological polar surface area (TPSA) is 43.0 Å². The second-order valence-corrected chi connectivity index (χ2v) is 8.39. The summed E-state index contributed by atoms with van der Waals surface area (Å²) in [5, 5.41) is 4.47. The Kier molecular flexibility index (Phi) is 7.20. The van der Waals surface area contributed by atoms with Crippen LogP contribution in [0, 0.1) is 5.82 Å². The molecule has 0 saturated carbocycles. The number of thiocarbonyl (C=S) groups is 1. The first kappa shape index (κ1) is 23.1. The number of hydrogen-bond donors (Lipinski definition) is 1. The summed E-state index contributed by atoms with van der Waals surface area (Å²) < 4.78 is 30.4. The molecule has 172 valence electrons. The molecule has 0 aliphatic carbocycles. The zero-order valence-electron chi connectivity index (χ0n) is 18.3. The van der Waals surface area contributed by atoms with E-state index in [1.807, 2.05) is 36.4 Å². The Morgan fingerprint density at radius 1 is 1.09 bits per heavy atom. The van der Waals surface area contributed by atoms with Crippen molar-refractivity contribution in [1.29, 1.82) is 0 Å². The molecule has 4 rings (SSSR count). The standard InChI is InChI=1S/C25H24ClFN2O3S/c1-30-23-12-16-10-11-29(25(33)28-19-5-3-4-17(26)13-19)22(21(16)14-24(23)31-2)15-32-20-8-6-18(27)7-9-20/h3-9,12-14,22H,10-11,15H2,1-2H3,(H,28,33). The molecule has 5 nitrogen and oxygen atoms in total. The van der Waals surface area contributed by atoms with E-state index in [0.29, 0.717) is 40.5 Å². The zero-order valence-corrected chi connectivity index (χ0v) is 19.9. The predicted molar refractivity (Wildman–Crippen MR) is 132 cm³/mol. The molecule has 0 bridgehead atoms. The van der Waals surface area contributed by atoms with Crippen molar-refractivity contribution in [2.24, 2.45) is 0 Å². The summed E-state index contributed by atoms with van der Waals surface area (Å²) in [6, 6.07) is 17.2. The molecule has 3 aromatic rings. The van der Waals surface area contributed by atoms with Crippen LogP contribution in [-0.4, -0.2) is 37.4 Å². The number of nitrogens with zero attached hydrogens (tertiary/aromatic N) is 1. The van der Waals surface area contributed by atoms with Gasteiger partial charge in [0.25, 0.3) is 0 Å². The molecule has 33 heavy (non-hydrogen) atoms. The maximum absolute atomic E-state index is 13.3. The smallest absolute Gasteiger partial charge is 0.174 e. The monoisotopic (exact) mass is 486 g/mol. The van der Waals surface area contributed by atoms with Gasteiger partial charge < -0.3 is 24.4 Å². The molecule has 0 aromatic heterocycles. The van der Waals surface area contributed by atoms with Crippen molar-refractivity contribution in [3.63, 3.8) is 0 Å². The van der Waals surface area contributed by atoms with Gasteiger partial charge in [0.2, 0.25) is 0 Å². The summed E-state index contributed by atoms with van der Waals surface area (Å²) in [6.45, 7) is 0.998. The minimum Gasteiger partial charge on any atom is -0.493 e. The van der Waals surface area contributed by atoms with Crippen LogP contribution in [0.5, 0.6) is 17.2 Å². The van der Waals surface area contributed by atoms with Crippen LogP contribution in [0.3, 0.4) is 0 Å². The minimum absolute atomic E-state index is 0.196. The van der Waals surface area contributed by atoms with Gasteiger partial charge in [-0.2, -0.15) is 0 Å². The van der Waals surface area contributed by atoms with Gasteiger partial charge in [0.1, 0.15) is 18.2 Å². The van der Waals surface area contributed by atoms with Crippen LogP contribution < -0.4 is 19.5 Å². The van der Waals surface area contributed by atoms with E-state index in [0.717, 1.165) is 23.2 Å². The lowest BCUT2D eigenvalue weighted by Gasteiger charge is -2.39. The van der Waals surface area contributed by atoms with Crippen molar-refractivity contribution >= 4 is 34.6 Å². The molecule has 3 aromatic carbocycles. The Bertz CT molecular complexity index is 1140. The number of hydrogen-bond acceptors (Lipinski definition) is 4. The number of fused-ring (bicyclic) bond motifs is 1. The molecule has 8 heteroatoms. The summed E-state index contributed by atoms with van der Waals surface area (Å²) in [7, 11) is 3.23. The fraction of sp³-hybridized carbons (Fsp3) is 0.240. The van der Waals surface area contributed by atoms with Crippen LogP contribution in [0.25, 0.3) is 0 Å². The average molecular weight is 487 g/mol. The van der Waals surface area contributed by atoms with E-state index >= 15 is 0 Å². The number of halogens is 2. The van der Waals surface area contributed by atoms with E-state index < -0.39 is 0 Å². The second-order valence-electron chi connectivity index (χ2n) is 7.57. The maximum Gasteiger partial charge on any atom is 0.174 e. The zero-order chi connectivity index (χ0) is 23.4. The number of benzene rings is 3. The van der Waals surface area contributed by atoms with Gasteiger partial charge >= 0.3 is 0 Å². The van der Waals surface area contributed by atoms with Crippen molar-refractivity contribution in [1.82, 2.24) is 4.90 Å². The van der Waals surface area contributed by atoms with Crippen LogP contribution in [0.1, 0.15) is 17.2 Å². The van der Waals surface area contributed by atoms with Crippen LogP contribution in [-0.2, 0) is 6.42 Å². The van der Waals surface area contributed by atoms with Gasteiger partial charge in [-0.15, -0.1) is 0 Å². The van der Waals surface area contributed by atoms with Gasteiger partial charge in [-0.3, -0.25) is 0 Å². The Labute approximate surface area is 203 Å². The molecule has 0 saturated heterocycles.